The minimum atomic E-state index is -0.634. The number of para-hydroxylation sites is 1. The number of cyclic esters (lactones) is 1. The van der Waals surface area contributed by atoms with Crippen LogP contribution in [0.2, 0.25) is 0 Å². The smallest absolute Gasteiger partial charge is 0.310 e. The van der Waals surface area contributed by atoms with E-state index in [1.54, 1.807) is 25.3 Å². The number of carbonyl (C=O) groups excluding carboxylic acids is 2. The predicted octanol–water partition coefficient (Wildman–Crippen LogP) is 3.95. The van der Waals surface area contributed by atoms with E-state index in [1.807, 2.05) is 36.4 Å². The Labute approximate surface area is 236 Å². The number of ether oxygens (including phenoxy) is 6. The van der Waals surface area contributed by atoms with Gasteiger partial charge in [0.25, 0.3) is 0 Å². The van der Waals surface area contributed by atoms with Crippen LogP contribution < -0.4 is 29.0 Å². The van der Waals surface area contributed by atoms with Crippen molar-refractivity contribution in [1.82, 2.24) is 5.32 Å². The molecule has 2 N–H and O–H groups in total. The molecule has 0 spiro atoms. The van der Waals surface area contributed by atoms with Crippen molar-refractivity contribution in [2.24, 2.45) is 11.8 Å². The number of amides is 1. The molecule has 10 heteroatoms. The van der Waals surface area contributed by atoms with Crippen molar-refractivity contribution in [1.29, 1.82) is 0 Å². The largest absolute Gasteiger partial charge is 0.502 e. The molecule has 212 valence electrons. The van der Waals surface area contributed by atoms with Crippen LogP contribution in [0.4, 0.5) is 0 Å². The summed E-state index contributed by atoms with van der Waals surface area (Å²) in [6.07, 6.45) is 3.13. The molecule has 4 atom stereocenters. The van der Waals surface area contributed by atoms with Crippen molar-refractivity contribution >= 4 is 18.0 Å². The van der Waals surface area contributed by atoms with Gasteiger partial charge in [-0.2, -0.15) is 0 Å². The second-order valence-corrected chi connectivity index (χ2v) is 9.97. The lowest BCUT2D eigenvalue weighted by atomic mass is 9.65. The van der Waals surface area contributed by atoms with Gasteiger partial charge in [-0.1, -0.05) is 18.2 Å². The Hall–Kier alpha value is -4.86. The number of phenolic OH excluding ortho intramolecular Hbond substituents is 1. The molecule has 2 heterocycles. The van der Waals surface area contributed by atoms with Crippen LogP contribution in [0, 0.1) is 11.8 Å². The zero-order valence-corrected chi connectivity index (χ0v) is 22.7. The second kappa shape index (κ2) is 10.6. The first-order valence-corrected chi connectivity index (χ1v) is 13.1. The van der Waals surface area contributed by atoms with E-state index in [9.17, 15) is 14.7 Å². The van der Waals surface area contributed by atoms with E-state index in [2.05, 4.69) is 5.32 Å². The van der Waals surface area contributed by atoms with Gasteiger partial charge < -0.3 is 38.8 Å². The van der Waals surface area contributed by atoms with Crippen LogP contribution in [-0.2, 0) is 14.3 Å². The summed E-state index contributed by atoms with van der Waals surface area (Å²) in [5, 5.41) is 13.6. The summed E-state index contributed by atoms with van der Waals surface area (Å²) in [5.74, 6) is -0.216. The van der Waals surface area contributed by atoms with Gasteiger partial charge in [0.05, 0.1) is 39.9 Å². The van der Waals surface area contributed by atoms with Crippen molar-refractivity contribution in [2.75, 3.05) is 34.7 Å². The molecule has 3 aromatic carbocycles. The van der Waals surface area contributed by atoms with Crippen LogP contribution in [0.25, 0.3) is 6.08 Å². The molecule has 6 rings (SSSR count). The van der Waals surface area contributed by atoms with Gasteiger partial charge in [-0.15, -0.1) is 0 Å². The Balaban J connectivity index is 1.44. The number of hydrogen-bond donors (Lipinski definition) is 2. The van der Waals surface area contributed by atoms with E-state index >= 15 is 0 Å². The van der Waals surface area contributed by atoms with Gasteiger partial charge >= 0.3 is 5.97 Å². The average molecular weight is 560 g/mol. The molecule has 0 unspecified atom stereocenters. The number of esters is 1. The molecule has 10 nitrogen and oxygen atoms in total. The van der Waals surface area contributed by atoms with Crippen molar-refractivity contribution < 1.29 is 43.1 Å². The number of benzene rings is 3. The highest BCUT2D eigenvalue weighted by molar-refractivity contribution is 5.92. The van der Waals surface area contributed by atoms with Gasteiger partial charge in [-0.05, 0) is 53.1 Å². The average Bonchev–Trinajstić information content (AvgIpc) is 3.61. The lowest BCUT2D eigenvalue weighted by molar-refractivity contribution is -0.141. The Morgan fingerprint density at radius 3 is 2.27 bits per heavy atom. The van der Waals surface area contributed by atoms with Crippen molar-refractivity contribution in [2.45, 2.75) is 12.0 Å². The fraction of sp³-hybridized carbons (Fsp3) is 0.290. The highest BCUT2D eigenvalue weighted by atomic mass is 16.7. The number of phenols is 1. The monoisotopic (exact) mass is 559 g/mol. The highest BCUT2D eigenvalue weighted by Crippen LogP contribution is 2.55. The normalized spacial score (nSPS) is 22.1. The van der Waals surface area contributed by atoms with Crippen molar-refractivity contribution in [3.8, 4) is 34.5 Å². The lowest BCUT2D eigenvalue weighted by Crippen LogP contribution is -2.42. The lowest BCUT2D eigenvalue weighted by Gasteiger charge is -2.39. The van der Waals surface area contributed by atoms with Crippen molar-refractivity contribution in [3.05, 3.63) is 76.9 Å². The molecule has 0 bridgehead atoms. The number of aromatic hydroxyl groups is 1. The Kier molecular flexibility index (Phi) is 6.82. The Morgan fingerprint density at radius 2 is 1.59 bits per heavy atom. The molecule has 3 aromatic rings. The van der Waals surface area contributed by atoms with Crippen LogP contribution >= 0.6 is 0 Å². The van der Waals surface area contributed by atoms with Gasteiger partial charge in [0.2, 0.25) is 18.4 Å². The zero-order chi connectivity index (χ0) is 28.7. The number of rotatable bonds is 7. The summed E-state index contributed by atoms with van der Waals surface area (Å²) in [5.41, 5.74) is 2.99. The molecule has 41 heavy (non-hydrogen) atoms. The molecule has 1 amide bonds. The van der Waals surface area contributed by atoms with E-state index in [0.29, 0.717) is 22.8 Å². The number of methoxy groups -OCH3 is 3. The summed E-state index contributed by atoms with van der Waals surface area (Å²) >= 11 is 0. The van der Waals surface area contributed by atoms with Crippen LogP contribution in [0.15, 0.2) is 54.6 Å². The number of nitrogens with one attached hydrogen (secondary N) is 1. The summed E-state index contributed by atoms with van der Waals surface area (Å²) in [6, 6.07) is 13.9. The van der Waals surface area contributed by atoms with E-state index < -0.39 is 17.9 Å². The van der Waals surface area contributed by atoms with Gasteiger partial charge in [-0.3, -0.25) is 9.59 Å². The minimum Gasteiger partial charge on any atom is -0.502 e. The SMILES string of the molecule is COc1ccccc1/C=C/C(=O)N[C@@H]1c2cc3c(cc2[C@@H](c2cc(OC)c(O)c(OC)c2)[C@H]2C(=O)OC[C@@H]21)OCO3. The standard InChI is InChI=1S/C31H29NO9/c1-36-21-7-5-4-6-16(21)8-9-26(33)32-29-19-13-23-22(40-15-41-23)12-18(19)27(28-20(29)14-39-31(28)35)17-10-24(37-2)30(34)25(11-17)38-3/h4-13,20,27-29,34H,14-15H2,1-3H3,(H,32,33)/b9-8+/t20-,27+,28-,29+/m0/s1. The third-order valence-electron chi connectivity index (χ3n) is 7.90. The number of fused-ring (bicyclic) bond motifs is 3. The number of hydrogen-bond acceptors (Lipinski definition) is 9. The molecule has 0 aromatic heterocycles. The number of carbonyl (C=O) groups is 2. The van der Waals surface area contributed by atoms with Gasteiger partial charge in [0, 0.05) is 23.5 Å². The molecule has 1 aliphatic carbocycles. The highest BCUT2D eigenvalue weighted by Gasteiger charge is 2.53. The first-order valence-electron chi connectivity index (χ1n) is 13.1. The maximum absolute atomic E-state index is 13.3. The molecule has 0 radical (unpaired) electrons. The quantitative estimate of drug-likeness (QED) is 0.327. The predicted molar refractivity (Wildman–Crippen MR) is 146 cm³/mol. The second-order valence-electron chi connectivity index (χ2n) is 9.97. The molecular weight excluding hydrogens is 530 g/mol. The molecule has 1 saturated heterocycles. The third kappa shape index (κ3) is 4.55. The fourth-order valence-electron chi connectivity index (χ4n) is 6.01. The summed E-state index contributed by atoms with van der Waals surface area (Å²) in [6.45, 7) is 0.193. The topological polar surface area (TPSA) is 122 Å². The minimum absolute atomic E-state index is 0.0668. The molecular formula is C31H29NO9. The molecule has 3 aliphatic rings. The first-order chi connectivity index (χ1) is 19.9. The molecule has 0 saturated carbocycles. The maximum Gasteiger partial charge on any atom is 0.310 e. The summed E-state index contributed by atoms with van der Waals surface area (Å²) in [7, 11) is 4.46. The van der Waals surface area contributed by atoms with Gasteiger partial charge in [0.15, 0.2) is 23.0 Å². The van der Waals surface area contributed by atoms with Crippen LogP contribution in [0.1, 0.15) is 34.2 Å². The zero-order valence-electron chi connectivity index (χ0n) is 22.7. The van der Waals surface area contributed by atoms with Crippen molar-refractivity contribution in [3.63, 3.8) is 0 Å². The van der Waals surface area contributed by atoms with Crippen LogP contribution in [0.5, 0.6) is 34.5 Å². The molecule has 1 fully saturated rings. The fourth-order valence-corrected chi connectivity index (χ4v) is 6.01. The van der Waals surface area contributed by atoms with Crippen LogP contribution in [0.3, 0.4) is 0 Å². The summed E-state index contributed by atoms with van der Waals surface area (Å²) in [4.78, 5) is 26.6. The van der Waals surface area contributed by atoms with Gasteiger partial charge in [0.1, 0.15) is 5.75 Å². The van der Waals surface area contributed by atoms with E-state index in [0.717, 1.165) is 16.7 Å². The van der Waals surface area contributed by atoms with E-state index in [-0.39, 0.29) is 48.4 Å². The Morgan fingerprint density at radius 1 is 0.927 bits per heavy atom. The molecule has 2 aliphatic heterocycles. The first kappa shape index (κ1) is 26.4. The van der Waals surface area contributed by atoms with E-state index in [4.69, 9.17) is 28.4 Å². The summed E-state index contributed by atoms with van der Waals surface area (Å²) < 4.78 is 33.2. The third-order valence-corrected chi connectivity index (χ3v) is 7.90. The van der Waals surface area contributed by atoms with Gasteiger partial charge in [-0.25, -0.2) is 0 Å². The Bertz CT molecular complexity index is 1520. The van der Waals surface area contributed by atoms with E-state index in [1.165, 1.54) is 20.3 Å². The maximum atomic E-state index is 13.3. The van der Waals surface area contributed by atoms with Crippen LogP contribution in [-0.4, -0.2) is 51.7 Å².